The Kier molecular flexibility index (Phi) is 4.69. The number of esters is 1. The first-order valence-electron chi connectivity index (χ1n) is 7.38. The molecule has 130 valence electrons. The predicted molar refractivity (Wildman–Crippen MR) is 85.4 cm³/mol. The van der Waals surface area contributed by atoms with Crippen LogP contribution in [0.25, 0.3) is 11.4 Å². The Bertz CT molecular complexity index is 883. The molecule has 0 aliphatic carbocycles. The molecule has 0 saturated heterocycles. The Morgan fingerprint density at radius 2 is 1.96 bits per heavy atom. The Morgan fingerprint density at radius 1 is 1.16 bits per heavy atom. The van der Waals surface area contributed by atoms with Crippen molar-refractivity contribution in [2.45, 2.75) is 13.5 Å². The van der Waals surface area contributed by atoms with E-state index >= 15 is 0 Å². The molecular formula is C17H16N2O6. The van der Waals surface area contributed by atoms with Crippen molar-refractivity contribution in [2.75, 3.05) is 14.2 Å². The van der Waals surface area contributed by atoms with Crippen LogP contribution in [0.1, 0.15) is 22.0 Å². The van der Waals surface area contributed by atoms with Crippen LogP contribution in [0.2, 0.25) is 0 Å². The highest BCUT2D eigenvalue weighted by Crippen LogP contribution is 2.31. The molecule has 0 radical (unpaired) electrons. The van der Waals surface area contributed by atoms with E-state index in [2.05, 4.69) is 10.1 Å². The van der Waals surface area contributed by atoms with E-state index in [1.54, 1.807) is 45.4 Å². The van der Waals surface area contributed by atoms with Gasteiger partial charge in [-0.1, -0.05) is 5.16 Å². The van der Waals surface area contributed by atoms with Gasteiger partial charge < -0.3 is 23.2 Å². The van der Waals surface area contributed by atoms with Crippen molar-refractivity contribution in [3.05, 3.63) is 47.7 Å². The van der Waals surface area contributed by atoms with Gasteiger partial charge in [0.05, 0.1) is 20.5 Å². The van der Waals surface area contributed by atoms with Gasteiger partial charge in [0.25, 0.3) is 5.89 Å². The standard InChI is InChI=1S/C17H16N2O6/c1-10-12(6-7-23-10)17(20)24-9-15-18-16(19-25-15)11-4-5-13(21-2)14(8-11)22-3/h4-8H,9H2,1-3H3. The van der Waals surface area contributed by atoms with E-state index < -0.39 is 5.97 Å². The zero-order chi connectivity index (χ0) is 17.8. The predicted octanol–water partition coefficient (Wildman–Crippen LogP) is 3.01. The fourth-order valence-corrected chi connectivity index (χ4v) is 2.21. The van der Waals surface area contributed by atoms with Crippen molar-refractivity contribution in [2.24, 2.45) is 0 Å². The summed E-state index contributed by atoms with van der Waals surface area (Å²) in [5, 5.41) is 3.88. The molecule has 0 saturated carbocycles. The molecule has 0 spiro atoms. The number of methoxy groups -OCH3 is 2. The molecule has 8 heteroatoms. The number of hydrogen-bond donors (Lipinski definition) is 0. The Morgan fingerprint density at radius 3 is 2.64 bits per heavy atom. The number of hydrogen-bond acceptors (Lipinski definition) is 8. The SMILES string of the molecule is COc1ccc(-c2noc(COC(=O)c3ccoc3C)n2)cc1OC. The number of aryl methyl sites for hydroxylation is 1. The maximum Gasteiger partial charge on any atom is 0.342 e. The molecule has 0 unspecified atom stereocenters. The number of aromatic nitrogens is 2. The summed E-state index contributed by atoms with van der Waals surface area (Å²) in [6, 6.07) is 6.79. The smallest absolute Gasteiger partial charge is 0.342 e. The molecular weight excluding hydrogens is 328 g/mol. The highest BCUT2D eigenvalue weighted by Gasteiger charge is 2.16. The molecule has 3 aromatic rings. The van der Waals surface area contributed by atoms with E-state index in [0.29, 0.717) is 34.2 Å². The third kappa shape index (κ3) is 3.47. The normalized spacial score (nSPS) is 10.5. The van der Waals surface area contributed by atoms with E-state index in [1.807, 2.05) is 0 Å². The van der Waals surface area contributed by atoms with Gasteiger partial charge in [0, 0.05) is 5.56 Å². The Balaban J connectivity index is 1.70. The summed E-state index contributed by atoms with van der Waals surface area (Å²) in [6.07, 6.45) is 1.42. The molecule has 3 rings (SSSR count). The fraction of sp³-hybridized carbons (Fsp3) is 0.235. The summed E-state index contributed by atoms with van der Waals surface area (Å²) in [5.74, 6) is 1.65. The number of benzene rings is 1. The molecule has 0 N–H and O–H groups in total. The van der Waals surface area contributed by atoms with Gasteiger partial charge in [-0.15, -0.1) is 0 Å². The van der Waals surface area contributed by atoms with Crippen LogP contribution in [0, 0.1) is 6.92 Å². The molecule has 0 bridgehead atoms. The summed E-state index contributed by atoms with van der Waals surface area (Å²) in [7, 11) is 3.10. The zero-order valence-electron chi connectivity index (χ0n) is 13.9. The van der Waals surface area contributed by atoms with Crippen molar-refractivity contribution >= 4 is 5.97 Å². The molecule has 1 aromatic carbocycles. The minimum absolute atomic E-state index is 0.135. The fourth-order valence-electron chi connectivity index (χ4n) is 2.21. The van der Waals surface area contributed by atoms with Crippen LogP contribution in [0.3, 0.4) is 0 Å². The second-order valence-electron chi connectivity index (χ2n) is 5.05. The highest BCUT2D eigenvalue weighted by molar-refractivity contribution is 5.90. The number of carbonyl (C=O) groups excluding carboxylic acids is 1. The van der Waals surface area contributed by atoms with Crippen molar-refractivity contribution < 1.29 is 27.9 Å². The van der Waals surface area contributed by atoms with Crippen LogP contribution in [0.5, 0.6) is 11.5 Å². The van der Waals surface area contributed by atoms with Crippen molar-refractivity contribution in [1.82, 2.24) is 10.1 Å². The summed E-state index contributed by atoms with van der Waals surface area (Å²) in [6.45, 7) is 1.54. The summed E-state index contributed by atoms with van der Waals surface area (Å²) >= 11 is 0. The lowest BCUT2D eigenvalue weighted by molar-refractivity contribution is 0.0428. The number of nitrogens with zero attached hydrogens (tertiary/aromatic N) is 2. The largest absolute Gasteiger partial charge is 0.493 e. The summed E-state index contributed by atoms with van der Waals surface area (Å²) < 4.78 is 25.8. The zero-order valence-corrected chi connectivity index (χ0v) is 13.9. The lowest BCUT2D eigenvalue weighted by Crippen LogP contribution is -2.05. The molecule has 25 heavy (non-hydrogen) atoms. The van der Waals surface area contributed by atoms with E-state index in [4.69, 9.17) is 23.2 Å². The molecule has 0 aliphatic rings. The van der Waals surface area contributed by atoms with Gasteiger partial charge in [-0.05, 0) is 31.2 Å². The first-order chi connectivity index (χ1) is 12.1. The van der Waals surface area contributed by atoms with Gasteiger partial charge in [-0.3, -0.25) is 0 Å². The topological polar surface area (TPSA) is 96.8 Å². The van der Waals surface area contributed by atoms with Crippen LogP contribution in [-0.4, -0.2) is 30.3 Å². The maximum atomic E-state index is 11.9. The minimum atomic E-state index is -0.517. The minimum Gasteiger partial charge on any atom is -0.493 e. The van der Waals surface area contributed by atoms with Crippen LogP contribution < -0.4 is 9.47 Å². The second kappa shape index (κ2) is 7.08. The molecule has 0 aliphatic heterocycles. The van der Waals surface area contributed by atoms with E-state index in [9.17, 15) is 4.79 Å². The lowest BCUT2D eigenvalue weighted by Gasteiger charge is -2.07. The van der Waals surface area contributed by atoms with Crippen LogP contribution in [0.4, 0.5) is 0 Å². The van der Waals surface area contributed by atoms with Gasteiger partial charge in [0.2, 0.25) is 5.82 Å². The quantitative estimate of drug-likeness (QED) is 0.630. The number of furan rings is 1. The van der Waals surface area contributed by atoms with Gasteiger partial charge in [-0.2, -0.15) is 4.98 Å². The molecule has 2 heterocycles. The molecule has 8 nitrogen and oxygen atoms in total. The van der Waals surface area contributed by atoms with Gasteiger partial charge in [0.15, 0.2) is 18.1 Å². The van der Waals surface area contributed by atoms with Crippen LogP contribution in [-0.2, 0) is 11.3 Å². The van der Waals surface area contributed by atoms with Crippen molar-refractivity contribution in [3.63, 3.8) is 0 Å². The number of rotatable bonds is 6. The van der Waals surface area contributed by atoms with E-state index in [0.717, 1.165) is 0 Å². The monoisotopic (exact) mass is 344 g/mol. The average Bonchev–Trinajstić information content (AvgIpc) is 3.28. The van der Waals surface area contributed by atoms with Gasteiger partial charge in [-0.25, -0.2) is 4.79 Å². The average molecular weight is 344 g/mol. The van der Waals surface area contributed by atoms with Crippen molar-refractivity contribution in [1.29, 1.82) is 0 Å². The third-order valence-electron chi connectivity index (χ3n) is 3.52. The van der Waals surface area contributed by atoms with Crippen LogP contribution in [0.15, 0.2) is 39.5 Å². The summed E-state index contributed by atoms with van der Waals surface area (Å²) in [4.78, 5) is 16.1. The van der Waals surface area contributed by atoms with Gasteiger partial charge >= 0.3 is 5.97 Å². The van der Waals surface area contributed by atoms with Crippen molar-refractivity contribution in [3.8, 4) is 22.9 Å². The molecule has 0 fully saturated rings. The Labute approximate surface area is 143 Å². The number of carbonyl (C=O) groups is 1. The summed E-state index contributed by atoms with van der Waals surface area (Å²) in [5.41, 5.74) is 1.05. The van der Waals surface area contributed by atoms with Gasteiger partial charge in [0.1, 0.15) is 11.3 Å². The maximum absolute atomic E-state index is 11.9. The second-order valence-corrected chi connectivity index (χ2v) is 5.05. The third-order valence-corrected chi connectivity index (χ3v) is 3.52. The molecule has 0 atom stereocenters. The van der Waals surface area contributed by atoms with E-state index in [1.165, 1.54) is 6.26 Å². The lowest BCUT2D eigenvalue weighted by atomic mass is 10.2. The van der Waals surface area contributed by atoms with Crippen LogP contribution >= 0.6 is 0 Å². The molecule has 0 amide bonds. The first-order valence-corrected chi connectivity index (χ1v) is 7.38. The highest BCUT2D eigenvalue weighted by atomic mass is 16.6. The molecule has 2 aromatic heterocycles. The Hall–Kier alpha value is -3.29. The first kappa shape index (κ1) is 16.6. The van der Waals surface area contributed by atoms with E-state index in [-0.39, 0.29) is 12.5 Å². The number of ether oxygens (including phenoxy) is 3.